The third kappa shape index (κ3) is 5.90. The van der Waals surface area contributed by atoms with E-state index in [1.807, 2.05) is 86.7 Å². The van der Waals surface area contributed by atoms with Crippen molar-refractivity contribution in [1.29, 1.82) is 0 Å². The zero-order chi connectivity index (χ0) is 34.2. The largest absolute Gasteiger partial charge is 0.455 e. The molecule has 2 saturated heterocycles. The van der Waals surface area contributed by atoms with Crippen molar-refractivity contribution in [3.63, 3.8) is 0 Å². The van der Waals surface area contributed by atoms with Crippen LogP contribution in [-0.2, 0) is 35.2 Å². The highest BCUT2D eigenvalue weighted by Gasteiger charge is 2.75. The van der Waals surface area contributed by atoms with Gasteiger partial charge >= 0.3 is 5.97 Å². The van der Waals surface area contributed by atoms with E-state index in [-0.39, 0.29) is 37.9 Å². The van der Waals surface area contributed by atoms with Crippen LogP contribution in [0.15, 0.2) is 83.4 Å². The van der Waals surface area contributed by atoms with Crippen LogP contribution in [0.25, 0.3) is 0 Å². The Kier molecular flexibility index (Phi) is 9.92. The lowest BCUT2D eigenvalue weighted by molar-refractivity contribution is -0.164. The number of hydrogen-bond acceptors (Lipinski definition) is 7. The van der Waals surface area contributed by atoms with Gasteiger partial charge in [-0.2, -0.15) is 0 Å². The number of fused-ring (bicyclic) bond motifs is 2. The number of likely N-dealkylation sites (tertiary alicyclic amines) is 1. The number of likely N-dealkylation sites (N-methyl/N-ethyl adjacent to an activating group) is 1. The molecule has 0 unspecified atom stereocenters. The maximum atomic E-state index is 14.9. The molecule has 0 aromatic heterocycles. The number of cyclic esters (lactones) is 1. The average Bonchev–Trinajstić information content (AvgIpc) is 3.69. The minimum Gasteiger partial charge on any atom is -0.455 e. The highest BCUT2D eigenvalue weighted by molar-refractivity contribution is 9.11. The lowest BCUT2D eigenvalue weighted by Gasteiger charge is -2.38. The minimum atomic E-state index is -1.46. The number of halogens is 1. The first kappa shape index (κ1) is 34.1. The van der Waals surface area contributed by atoms with E-state index in [0.29, 0.717) is 22.9 Å². The molecule has 1 spiro atoms. The summed E-state index contributed by atoms with van der Waals surface area (Å²) in [7, 11) is 1.70. The summed E-state index contributed by atoms with van der Waals surface area (Å²) in [5, 5.41) is 10.5. The van der Waals surface area contributed by atoms with Crippen molar-refractivity contribution in [2.75, 3.05) is 20.2 Å². The number of benzene rings is 2. The number of allylic oxidation sites excluding steroid dienone is 1. The fourth-order valence-corrected chi connectivity index (χ4v) is 8.38. The van der Waals surface area contributed by atoms with Crippen LogP contribution in [-0.4, -0.2) is 93.5 Å². The minimum absolute atomic E-state index is 0.113. The SMILES string of the molecule is CC[C@@H](CO)N1C(=O)[C@@H]2[C@H]3C(=O)O[C@@H](c4ccccc4)[C@H](C)N(C)C(=O)CC/C=C\CN(Cc4ccccc4)C(=O)[C@@H]1[C@]21C=C(Br)[C@H]3O1. The topological polar surface area (TPSA) is 117 Å². The molecule has 2 fully saturated rings. The second kappa shape index (κ2) is 14.0. The van der Waals surface area contributed by atoms with Gasteiger partial charge in [-0.3, -0.25) is 19.2 Å². The monoisotopic (exact) mass is 719 g/mol. The number of aliphatic hydroxyl groups is 1. The van der Waals surface area contributed by atoms with Gasteiger partial charge in [-0.05, 0) is 37.0 Å². The van der Waals surface area contributed by atoms with Gasteiger partial charge in [0.25, 0.3) is 0 Å². The first-order chi connectivity index (χ1) is 23.1. The van der Waals surface area contributed by atoms with Crippen LogP contribution in [0.3, 0.4) is 0 Å². The molecule has 11 heteroatoms. The average molecular weight is 721 g/mol. The highest BCUT2D eigenvalue weighted by Crippen LogP contribution is 2.59. The van der Waals surface area contributed by atoms with Crippen molar-refractivity contribution >= 4 is 39.6 Å². The molecule has 4 heterocycles. The van der Waals surface area contributed by atoms with Crippen molar-refractivity contribution in [2.45, 2.75) is 75.6 Å². The number of nitrogens with zero attached hydrogens (tertiary/aromatic N) is 3. The van der Waals surface area contributed by atoms with E-state index in [0.717, 1.165) is 5.56 Å². The number of esters is 1. The quantitative estimate of drug-likeness (QED) is 0.353. The van der Waals surface area contributed by atoms with Crippen LogP contribution in [0.4, 0.5) is 0 Å². The smallest absolute Gasteiger partial charge is 0.313 e. The van der Waals surface area contributed by atoms with Gasteiger partial charge in [-0.1, -0.05) is 95.7 Å². The Morgan fingerprint density at radius 2 is 1.67 bits per heavy atom. The fraction of sp³-hybridized carbons (Fsp3) is 0.459. The Balaban J connectivity index is 1.47. The molecule has 4 aliphatic heterocycles. The third-order valence-corrected chi connectivity index (χ3v) is 11.0. The predicted molar refractivity (Wildman–Crippen MR) is 181 cm³/mol. The molecule has 0 saturated carbocycles. The molecule has 48 heavy (non-hydrogen) atoms. The van der Waals surface area contributed by atoms with Crippen molar-refractivity contribution in [1.82, 2.24) is 14.7 Å². The molecular formula is C37H42BrN3O7. The predicted octanol–water partition coefficient (Wildman–Crippen LogP) is 4.14. The number of amides is 3. The summed E-state index contributed by atoms with van der Waals surface area (Å²) in [4.78, 5) is 62.0. The Morgan fingerprint density at radius 3 is 2.33 bits per heavy atom. The van der Waals surface area contributed by atoms with Crippen molar-refractivity contribution in [2.24, 2.45) is 11.8 Å². The zero-order valence-electron chi connectivity index (χ0n) is 27.4. The molecule has 8 atom stereocenters. The summed E-state index contributed by atoms with van der Waals surface area (Å²) < 4.78 is 13.5. The van der Waals surface area contributed by atoms with Gasteiger partial charge in [-0.25, -0.2) is 0 Å². The molecular weight excluding hydrogens is 678 g/mol. The Morgan fingerprint density at radius 1 is 0.979 bits per heavy atom. The second-order valence-electron chi connectivity index (χ2n) is 13.0. The van der Waals surface area contributed by atoms with Crippen LogP contribution in [0.1, 0.15) is 50.3 Å². The van der Waals surface area contributed by atoms with E-state index < -0.39 is 59.6 Å². The maximum Gasteiger partial charge on any atom is 0.313 e. The normalized spacial score (nSPS) is 32.3. The lowest BCUT2D eigenvalue weighted by Crippen LogP contribution is -2.58. The summed E-state index contributed by atoms with van der Waals surface area (Å²) in [6.45, 7) is 3.82. The lowest BCUT2D eigenvalue weighted by atomic mass is 9.74. The fourth-order valence-electron chi connectivity index (χ4n) is 7.65. The summed E-state index contributed by atoms with van der Waals surface area (Å²) >= 11 is 3.61. The van der Waals surface area contributed by atoms with E-state index >= 15 is 0 Å². The number of carbonyl (C=O) groups is 4. The summed E-state index contributed by atoms with van der Waals surface area (Å²) in [5.41, 5.74) is 0.147. The number of hydrogen-bond donors (Lipinski definition) is 1. The number of aliphatic hydroxyl groups excluding tert-OH is 1. The highest BCUT2D eigenvalue weighted by atomic mass is 79.9. The number of ether oxygens (including phenoxy) is 2. The van der Waals surface area contributed by atoms with Crippen LogP contribution >= 0.6 is 15.9 Å². The third-order valence-electron chi connectivity index (χ3n) is 10.3. The summed E-state index contributed by atoms with van der Waals surface area (Å²) in [6, 6.07) is 16.5. The van der Waals surface area contributed by atoms with Crippen molar-refractivity contribution in [3.05, 3.63) is 94.5 Å². The maximum absolute atomic E-state index is 14.9. The first-order valence-corrected chi connectivity index (χ1v) is 17.4. The molecule has 5 bridgehead atoms. The van der Waals surface area contributed by atoms with Crippen LogP contribution in [0, 0.1) is 11.8 Å². The standard InChI is InChI=1S/C37H42BrN3O7/c1-4-26(22-42)41-33-35(45)40(21-24-14-8-5-9-15-24)19-13-7-12-18-28(43)39(3)23(2)31(25-16-10-6-11-17-25)47-36(46)29-30(34(41)44)37(33)20-27(38)32(29)48-37/h5-11,13-17,20,23,26,29-33,42H,4,12,18-19,21-22H2,1-3H3/b13-7-/t23-,26-,29+,30-,31+,32+,33+,37-/m0/s1. The Labute approximate surface area is 289 Å². The molecule has 254 valence electrons. The molecule has 6 rings (SSSR count). The molecule has 1 N–H and O–H groups in total. The van der Waals surface area contributed by atoms with Gasteiger partial charge in [0.2, 0.25) is 17.7 Å². The second-order valence-corrected chi connectivity index (χ2v) is 14.0. The van der Waals surface area contributed by atoms with E-state index in [1.54, 1.807) is 22.9 Å². The van der Waals surface area contributed by atoms with Crippen LogP contribution < -0.4 is 0 Å². The van der Waals surface area contributed by atoms with Gasteiger partial charge in [0, 0.05) is 31.0 Å². The molecule has 0 radical (unpaired) electrons. The zero-order valence-corrected chi connectivity index (χ0v) is 29.0. The van der Waals surface area contributed by atoms with Gasteiger partial charge < -0.3 is 29.3 Å². The molecule has 4 aliphatic rings. The van der Waals surface area contributed by atoms with E-state index in [1.165, 1.54) is 4.90 Å². The Bertz CT molecular complexity index is 1600. The number of rotatable bonds is 6. The van der Waals surface area contributed by atoms with Crippen LogP contribution in [0.5, 0.6) is 0 Å². The Hall–Kier alpha value is -3.80. The summed E-state index contributed by atoms with van der Waals surface area (Å²) in [6.07, 6.45) is 4.94. The molecule has 2 aromatic rings. The van der Waals surface area contributed by atoms with Crippen LogP contribution in [0.2, 0.25) is 0 Å². The van der Waals surface area contributed by atoms with E-state index in [9.17, 15) is 24.3 Å². The van der Waals surface area contributed by atoms with Gasteiger partial charge in [0.15, 0.2) is 0 Å². The first-order valence-electron chi connectivity index (χ1n) is 16.6. The van der Waals surface area contributed by atoms with Crippen molar-refractivity contribution < 1.29 is 33.8 Å². The molecule has 0 aliphatic carbocycles. The van der Waals surface area contributed by atoms with Crippen molar-refractivity contribution in [3.8, 4) is 0 Å². The van der Waals surface area contributed by atoms with Gasteiger partial charge in [0.05, 0.1) is 24.6 Å². The molecule has 3 amide bonds. The molecule has 2 aromatic carbocycles. The van der Waals surface area contributed by atoms with Gasteiger partial charge in [-0.15, -0.1) is 0 Å². The van der Waals surface area contributed by atoms with Gasteiger partial charge in [0.1, 0.15) is 29.8 Å². The van der Waals surface area contributed by atoms with E-state index in [4.69, 9.17) is 9.47 Å². The molecule has 10 nitrogen and oxygen atoms in total. The summed E-state index contributed by atoms with van der Waals surface area (Å²) in [5.74, 6) is -3.66. The number of carbonyl (C=O) groups excluding carboxylic acids is 4. The van der Waals surface area contributed by atoms with E-state index in [2.05, 4.69) is 15.9 Å².